The summed E-state index contributed by atoms with van der Waals surface area (Å²) in [6.07, 6.45) is 0. The van der Waals surface area contributed by atoms with Crippen molar-refractivity contribution in [3.8, 4) is 11.5 Å². The molecule has 0 spiro atoms. The molecule has 3 amide bonds. The van der Waals surface area contributed by atoms with Crippen LogP contribution in [0.3, 0.4) is 0 Å². The highest BCUT2D eigenvalue weighted by Crippen LogP contribution is 2.36. The van der Waals surface area contributed by atoms with Crippen LogP contribution >= 0.6 is 0 Å². The van der Waals surface area contributed by atoms with Crippen LogP contribution in [0.1, 0.15) is 5.56 Å². The van der Waals surface area contributed by atoms with Gasteiger partial charge in [0.1, 0.15) is 6.54 Å². The third-order valence-electron chi connectivity index (χ3n) is 5.12. The molecule has 0 aromatic heterocycles. The number of ether oxygens (including phenoxy) is 2. The van der Waals surface area contributed by atoms with Gasteiger partial charge in [-0.3, -0.25) is 19.4 Å². The fourth-order valence-corrected chi connectivity index (χ4v) is 3.56. The van der Waals surface area contributed by atoms with Crippen LogP contribution in [0.25, 0.3) is 0 Å². The van der Waals surface area contributed by atoms with Crippen LogP contribution in [0.5, 0.6) is 11.5 Å². The van der Waals surface area contributed by atoms with Gasteiger partial charge in [-0.15, -0.1) is 0 Å². The molecule has 1 saturated heterocycles. The summed E-state index contributed by atoms with van der Waals surface area (Å²) in [5.41, 5.74) is 2.03. The normalized spacial score (nSPS) is 19.6. The number of anilines is 2. The molecule has 1 fully saturated rings. The Bertz CT molecular complexity index is 1070. The molecule has 2 aromatic rings. The third-order valence-corrected chi connectivity index (χ3v) is 5.12. The van der Waals surface area contributed by atoms with Crippen LogP contribution in [0.15, 0.2) is 52.8 Å². The summed E-state index contributed by atoms with van der Waals surface area (Å²) in [6, 6.07) is 10.1. The van der Waals surface area contributed by atoms with Gasteiger partial charge in [0.2, 0.25) is 5.91 Å². The predicted octanol–water partition coefficient (Wildman–Crippen LogP) is 1.94. The van der Waals surface area contributed by atoms with Gasteiger partial charge in [0.05, 0.1) is 19.9 Å². The third kappa shape index (κ3) is 3.67. The topological polar surface area (TPSA) is 113 Å². The second-order valence-electron chi connectivity index (χ2n) is 7.16. The van der Waals surface area contributed by atoms with Gasteiger partial charge in [-0.2, -0.15) is 5.11 Å². The van der Waals surface area contributed by atoms with Crippen molar-refractivity contribution in [2.24, 2.45) is 10.3 Å². The number of hydrogen-bond acceptors (Lipinski definition) is 8. The Morgan fingerprint density at radius 3 is 2.42 bits per heavy atom. The molecule has 2 aliphatic rings. The van der Waals surface area contributed by atoms with Crippen LogP contribution in [0, 0.1) is 6.92 Å². The van der Waals surface area contributed by atoms with E-state index in [1.165, 1.54) is 19.2 Å². The summed E-state index contributed by atoms with van der Waals surface area (Å²) in [5.74, 6) is -0.524. The molecule has 2 aromatic carbocycles. The van der Waals surface area contributed by atoms with Crippen molar-refractivity contribution in [1.29, 1.82) is 0 Å². The van der Waals surface area contributed by atoms with Gasteiger partial charge in [-0.1, -0.05) is 22.9 Å². The number of amides is 3. The largest absolute Gasteiger partial charge is 0.493 e. The van der Waals surface area contributed by atoms with Crippen molar-refractivity contribution in [2.75, 3.05) is 31.0 Å². The Morgan fingerprint density at radius 2 is 1.74 bits per heavy atom. The molecular formula is C21H21N5O5. The number of nitrogens with one attached hydrogen (secondary N) is 1. The molecule has 0 unspecified atom stereocenters. The van der Waals surface area contributed by atoms with Crippen LogP contribution in [-0.4, -0.2) is 55.6 Å². The minimum absolute atomic E-state index is 0.211. The van der Waals surface area contributed by atoms with Gasteiger partial charge in [-0.25, -0.2) is 4.90 Å². The first kappa shape index (κ1) is 20.3. The molecule has 10 heteroatoms. The molecule has 2 aliphatic heterocycles. The highest BCUT2D eigenvalue weighted by atomic mass is 16.5. The lowest BCUT2D eigenvalue weighted by atomic mass is 10.1. The highest BCUT2D eigenvalue weighted by molar-refractivity contribution is 6.25. The predicted molar refractivity (Wildman–Crippen MR) is 111 cm³/mol. The number of carbonyl (C=O) groups excluding carboxylic acids is 3. The van der Waals surface area contributed by atoms with E-state index in [2.05, 4.69) is 15.7 Å². The minimum atomic E-state index is -0.993. The van der Waals surface area contributed by atoms with Gasteiger partial charge in [0.15, 0.2) is 23.6 Å². The van der Waals surface area contributed by atoms with E-state index < -0.39 is 23.9 Å². The Balaban J connectivity index is 1.50. The fraction of sp³-hybridized carbons (Fsp3) is 0.286. The summed E-state index contributed by atoms with van der Waals surface area (Å²) < 4.78 is 10.5. The molecule has 2 heterocycles. The van der Waals surface area contributed by atoms with E-state index in [1.807, 2.05) is 19.1 Å². The second kappa shape index (κ2) is 8.05. The van der Waals surface area contributed by atoms with E-state index in [0.717, 1.165) is 10.5 Å². The standard InChI is InChI=1S/C21H21N5O5/c1-12-4-6-13(7-5-12)22-17(27)11-25-19-18(23-24-25)20(28)26(21(19)29)14-8-9-15(30-2)16(10-14)31-3/h4-10,18-19H,11H2,1-3H3,(H,22,27)/t18-,19-/m0/s1. The number of carbonyl (C=O) groups is 3. The smallest absolute Gasteiger partial charge is 0.263 e. The Hall–Kier alpha value is -3.95. The lowest BCUT2D eigenvalue weighted by Gasteiger charge is -2.20. The maximum atomic E-state index is 13.1. The van der Waals surface area contributed by atoms with E-state index in [9.17, 15) is 14.4 Å². The quantitative estimate of drug-likeness (QED) is 0.711. The maximum absolute atomic E-state index is 13.1. The number of benzene rings is 2. The van der Waals surface area contributed by atoms with Crippen LogP contribution < -0.4 is 19.7 Å². The van der Waals surface area contributed by atoms with Gasteiger partial charge in [0.25, 0.3) is 11.8 Å². The summed E-state index contributed by atoms with van der Waals surface area (Å²) in [7, 11) is 2.96. The van der Waals surface area contributed by atoms with Gasteiger partial charge in [0, 0.05) is 11.8 Å². The average molecular weight is 423 g/mol. The summed E-state index contributed by atoms with van der Waals surface area (Å²) in [5, 5.41) is 11.8. The Kier molecular flexibility index (Phi) is 5.28. The van der Waals surface area contributed by atoms with Crippen molar-refractivity contribution < 1.29 is 23.9 Å². The lowest BCUT2D eigenvalue weighted by molar-refractivity contribution is -0.123. The second-order valence-corrected chi connectivity index (χ2v) is 7.16. The van der Waals surface area contributed by atoms with Gasteiger partial charge < -0.3 is 14.8 Å². The molecule has 31 heavy (non-hydrogen) atoms. The summed E-state index contributed by atoms with van der Waals surface area (Å²) in [6.45, 7) is 1.74. The molecule has 160 valence electrons. The highest BCUT2D eigenvalue weighted by Gasteiger charge is 2.55. The number of imide groups is 1. The van der Waals surface area contributed by atoms with Crippen molar-refractivity contribution in [1.82, 2.24) is 5.01 Å². The molecule has 0 bridgehead atoms. The lowest BCUT2D eigenvalue weighted by Crippen LogP contribution is -2.43. The van der Waals surface area contributed by atoms with Gasteiger partial charge in [-0.05, 0) is 31.2 Å². The zero-order valence-corrected chi connectivity index (χ0v) is 17.2. The van der Waals surface area contributed by atoms with Crippen molar-refractivity contribution in [2.45, 2.75) is 19.0 Å². The Morgan fingerprint density at radius 1 is 1.03 bits per heavy atom. The average Bonchev–Trinajstić information content (AvgIpc) is 3.28. The first-order valence-corrected chi connectivity index (χ1v) is 9.56. The molecular weight excluding hydrogens is 402 g/mol. The maximum Gasteiger partial charge on any atom is 0.263 e. The number of aryl methyl sites for hydroxylation is 1. The number of hydrogen-bond donors (Lipinski definition) is 1. The van der Waals surface area contributed by atoms with Crippen molar-refractivity contribution in [3.05, 3.63) is 48.0 Å². The zero-order chi connectivity index (χ0) is 22.1. The number of fused-ring (bicyclic) bond motifs is 1. The molecule has 1 N–H and O–H groups in total. The van der Waals surface area contributed by atoms with E-state index >= 15 is 0 Å². The molecule has 0 saturated carbocycles. The molecule has 0 radical (unpaired) electrons. The van der Waals surface area contributed by atoms with Crippen molar-refractivity contribution in [3.63, 3.8) is 0 Å². The molecule has 10 nitrogen and oxygen atoms in total. The Labute approximate surface area is 178 Å². The summed E-state index contributed by atoms with van der Waals surface area (Å²) in [4.78, 5) is 39.4. The first-order chi connectivity index (χ1) is 14.9. The number of rotatable bonds is 6. The summed E-state index contributed by atoms with van der Waals surface area (Å²) >= 11 is 0. The molecule has 2 atom stereocenters. The van der Waals surface area contributed by atoms with E-state index in [1.54, 1.807) is 30.3 Å². The zero-order valence-electron chi connectivity index (χ0n) is 17.2. The molecule has 0 aliphatic carbocycles. The van der Waals surface area contributed by atoms with Crippen LogP contribution in [-0.2, 0) is 14.4 Å². The van der Waals surface area contributed by atoms with E-state index in [-0.39, 0.29) is 12.5 Å². The van der Waals surface area contributed by atoms with Crippen LogP contribution in [0.2, 0.25) is 0 Å². The first-order valence-electron chi connectivity index (χ1n) is 9.56. The molecule has 4 rings (SSSR count). The van der Waals surface area contributed by atoms with Crippen molar-refractivity contribution >= 4 is 29.1 Å². The SMILES string of the molecule is COc1ccc(N2C(=O)[C@H]3N=NN(CC(=O)Nc4ccc(C)cc4)[C@@H]3C2=O)cc1OC. The van der Waals surface area contributed by atoms with Crippen LogP contribution in [0.4, 0.5) is 11.4 Å². The van der Waals surface area contributed by atoms with Gasteiger partial charge >= 0.3 is 0 Å². The fourth-order valence-electron chi connectivity index (χ4n) is 3.56. The van der Waals surface area contributed by atoms with E-state index in [0.29, 0.717) is 22.9 Å². The number of nitrogens with zero attached hydrogens (tertiary/aromatic N) is 4. The minimum Gasteiger partial charge on any atom is -0.493 e. The van der Waals surface area contributed by atoms with E-state index in [4.69, 9.17) is 9.47 Å². The number of methoxy groups -OCH3 is 2. The monoisotopic (exact) mass is 423 g/mol.